The van der Waals surface area contributed by atoms with E-state index in [0.717, 1.165) is 38.9 Å². The largest absolute Gasteiger partial charge is 0.304 e. The van der Waals surface area contributed by atoms with Crippen LogP contribution in [0.25, 0.3) is 11.1 Å². The third-order valence-corrected chi connectivity index (χ3v) is 5.43. The van der Waals surface area contributed by atoms with Crippen molar-refractivity contribution in [3.63, 3.8) is 0 Å². The van der Waals surface area contributed by atoms with Gasteiger partial charge in [-0.05, 0) is 61.2 Å². The van der Waals surface area contributed by atoms with E-state index in [-0.39, 0.29) is 0 Å². The minimum absolute atomic E-state index is 0.476. The van der Waals surface area contributed by atoms with Crippen LogP contribution in [0.3, 0.4) is 0 Å². The SMILES string of the molecule is CCN(CC)CCCCC1(C#N)c2ccccc2-c2ccccc21. The summed E-state index contributed by atoms with van der Waals surface area (Å²) >= 11 is 0. The van der Waals surface area contributed by atoms with E-state index < -0.39 is 5.41 Å². The number of benzene rings is 2. The Morgan fingerprint density at radius 3 is 1.92 bits per heavy atom. The molecule has 3 rings (SSSR count). The fourth-order valence-corrected chi connectivity index (χ4v) is 4.04. The molecule has 124 valence electrons. The topological polar surface area (TPSA) is 27.0 Å². The van der Waals surface area contributed by atoms with Gasteiger partial charge in [0.15, 0.2) is 0 Å². The van der Waals surface area contributed by atoms with Gasteiger partial charge >= 0.3 is 0 Å². The predicted molar refractivity (Wildman–Crippen MR) is 99.9 cm³/mol. The van der Waals surface area contributed by atoms with Gasteiger partial charge in [-0.25, -0.2) is 0 Å². The fourth-order valence-electron chi connectivity index (χ4n) is 4.04. The van der Waals surface area contributed by atoms with E-state index in [1.165, 1.54) is 22.3 Å². The lowest BCUT2D eigenvalue weighted by atomic mass is 9.75. The van der Waals surface area contributed by atoms with Gasteiger partial charge in [-0.15, -0.1) is 0 Å². The zero-order valence-corrected chi connectivity index (χ0v) is 14.8. The van der Waals surface area contributed by atoms with Gasteiger partial charge in [-0.2, -0.15) is 5.26 Å². The Labute approximate surface area is 145 Å². The van der Waals surface area contributed by atoms with Crippen LogP contribution in [-0.2, 0) is 5.41 Å². The third kappa shape index (κ3) is 2.74. The van der Waals surface area contributed by atoms with Crippen LogP contribution >= 0.6 is 0 Å². The summed E-state index contributed by atoms with van der Waals surface area (Å²) in [4.78, 5) is 2.45. The van der Waals surface area contributed by atoms with Gasteiger partial charge in [-0.3, -0.25) is 0 Å². The Morgan fingerprint density at radius 1 is 0.875 bits per heavy atom. The van der Waals surface area contributed by atoms with Crippen molar-refractivity contribution in [2.24, 2.45) is 0 Å². The van der Waals surface area contributed by atoms with Gasteiger partial charge in [0.2, 0.25) is 0 Å². The molecule has 0 unspecified atom stereocenters. The maximum atomic E-state index is 10.2. The molecule has 1 aliphatic rings. The lowest BCUT2D eigenvalue weighted by Crippen LogP contribution is -2.26. The molecule has 2 aromatic rings. The smallest absolute Gasteiger partial charge is 0.108 e. The molecule has 2 heteroatoms. The van der Waals surface area contributed by atoms with Gasteiger partial charge in [0, 0.05) is 0 Å². The highest BCUT2D eigenvalue weighted by atomic mass is 15.1. The fraction of sp³-hybridized carbons (Fsp3) is 0.409. The molecule has 0 amide bonds. The average molecular weight is 318 g/mol. The quantitative estimate of drug-likeness (QED) is 0.673. The second kappa shape index (κ2) is 7.20. The molecule has 0 aliphatic heterocycles. The van der Waals surface area contributed by atoms with Gasteiger partial charge in [0.1, 0.15) is 5.41 Å². The number of nitrogens with zero attached hydrogens (tertiary/aromatic N) is 2. The number of hydrogen-bond donors (Lipinski definition) is 0. The van der Waals surface area contributed by atoms with Crippen molar-refractivity contribution in [2.75, 3.05) is 19.6 Å². The molecule has 0 radical (unpaired) electrons. The van der Waals surface area contributed by atoms with Crippen LogP contribution < -0.4 is 0 Å². The van der Waals surface area contributed by atoms with Crippen molar-refractivity contribution in [1.82, 2.24) is 4.90 Å². The number of fused-ring (bicyclic) bond motifs is 3. The first-order valence-electron chi connectivity index (χ1n) is 9.09. The Balaban J connectivity index is 1.85. The summed E-state index contributed by atoms with van der Waals surface area (Å²) in [5.41, 5.74) is 4.38. The average Bonchev–Trinajstić information content (AvgIpc) is 2.93. The summed E-state index contributed by atoms with van der Waals surface area (Å²) in [6.45, 7) is 7.75. The van der Waals surface area contributed by atoms with E-state index in [1.807, 2.05) is 0 Å². The molecule has 0 N–H and O–H groups in total. The van der Waals surface area contributed by atoms with Crippen molar-refractivity contribution < 1.29 is 0 Å². The second-order valence-corrected chi connectivity index (χ2v) is 6.59. The number of rotatable bonds is 7. The van der Waals surface area contributed by atoms with Crippen LogP contribution in [0.2, 0.25) is 0 Å². The first kappa shape index (κ1) is 16.7. The molecule has 0 atom stereocenters. The van der Waals surface area contributed by atoms with Crippen molar-refractivity contribution in [1.29, 1.82) is 5.26 Å². The summed E-state index contributed by atoms with van der Waals surface area (Å²) in [5.74, 6) is 0. The maximum absolute atomic E-state index is 10.2. The van der Waals surface area contributed by atoms with Crippen molar-refractivity contribution in [3.05, 3.63) is 59.7 Å². The van der Waals surface area contributed by atoms with E-state index in [9.17, 15) is 5.26 Å². The molecular formula is C22H26N2. The summed E-state index contributed by atoms with van der Waals surface area (Å²) in [6.07, 6.45) is 3.13. The zero-order valence-electron chi connectivity index (χ0n) is 14.8. The van der Waals surface area contributed by atoms with E-state index >= 15 is 0 Å². The van der Waals surface area contributed by atoms with Crippen LogP contribution in [0.4, 0.5) is 0 Å². The summed E-state index contributed by atoms with van der Waals surface area (Å²) in [6, 6.07) is 19.6. The van der Waals surface area contributed by atoms with E-state index in [0.29, 0.717) is 0 Å². The molecular weight excluding hydrogens is 292 g/mol. The number of hydrogen-bond acceptors (Lipinski definition) is 2. The van der Waals surface area contributed by atoms with Crippen LogP contribution in [0, 0.1) is 11.3 Å². The molecule has 2 nitrogen and oxygen atoms in total. The van der Waals surface area contributed by atoms with Crippen LogP contribution in [0.15, 0.2) is 48.5 Å². The van der Waals surface area contributed by atoms with Crippen LogP contribution in [0.5, 0.6) is 0 Å². The molecule has 0 bridgehead atoms. The number of unbranched alkanes of at least 4 members (excludes halogenated alkanes) is 1. The predicted octanol–water partition coefficient (Wildman–Crippen LogP) is 4.99. The van der Waals surface area contributed by atoms with E-state index in [4.69, 9.17) is 0 Å². The molecule has 0 heterocycles. The molecule has 24 heavy (non-hydrogen) atoms. The van der Waals surface area contributed by atoms with Gasteiger partial charge in [0.05, 0.1) is 6.07 Å². The molecule has 0 spiro atoms. The highest BCUT2D eigenvalue weighted by molar-refractivity contribution is 5.82. The minimum Gasteiger partial charge on any atom is -0.304 e. The van der Waals surface area contributed by atoms with Gasteiger partial charge in [-0.1, -0.05) is 62.4 Å². The Morgan fingerprint density at radius 2 is 1.42 bits per heavy atom. The minimum atomic E-state index is -0.476. The molecule has 1 aliphatic carbocycles. The summed E-state index contributed by atoms with van der Waals surface area (Å²) in [7, 11) is 0. The lowest BCUT2D eigenvalue weighted by molar-refractivity contribution is 0.293. The molecule has 0 saturated carbocycles. The van der Waals surface area contributed by atoms with Crippen molar-refractivity contribution in [3.8, 4) is 17.2 Å². The van der Waals surface area contributed by atoms with Crippen LogP contribution in [-0.4, -0.2) is 24.5 Å². The first-order valence-corrected chi connectivity index (χ1v) is 9.09. The Kier molecular flexibility index (Phi) is 5.02. The first-order chi connectivity index (χ1) is 11.8. The molecule has 0 fully saturated rings. The van der Waals surface area contributed by atoms with Crippen molar-refractivity contribution in [2.45, 2.75) is 38.5 Å². The Hall–Kier alpha value is -2.11. The summed E-state index contributed by atoms with van der Waals surface area (Å²) < 4.78 is 0. The highest BCUT2D eigenvalue weighted by Crippen LogP contribution is 2.50. The van der Waals surface area contributed by atoms with Gasteiger partial charge in [0.25, 0.3) is 0 Å². The lowest BCUT2D eigenvalue weighted by Gasteiger charge is -2.25. The number of nitriles is 1. The summed E-state index contributed by atoms with van der Waals surface area (Å²) in [5, 5.41) is 10.2. The normalized spacial score (nSPS) is 14.2. The van der Waals surface area contributed by atoms with E-state index in [1.54, 1.807) is 0 Å². The van der Waals surface area contributed by atoms with E-state index in [2.05, 4.69) is 73.3 Å². The van der Waals surface area contributed by atoms with Gasteiger partial charge < -0.3 is 4.90 Å². The zero-order chi connectivity index (χ0) is 17.0. The van der Waals surface area contributed by atoms with Crippen molar-refractivity contribution >= 4 is 0 Å². The monoisotopic (exact) mass is 318 g/mol. The maximum Gasteiger partial charge on any atom is 0.108 e. The van der Waals surface area contributed by atoms with Crippen LogP contribution in [0.1, 0.15) is 44.2 Å². The molecule has 2 aromatic carbocycles. The highest BCUT2D eigenvalue weighted by Gasteiger charge is 2.42. The Bertz CT molecular complexity index is 692. The molecule has 0 aromatic heterocycles. The molecule has 0 saturated heterocycles. The second-order valence-electron chi connectivity index (χ2n) is 6.59. The standard InChI is InChI=1S/C22H26N2/c1-3-24(4-2)16-10-9-15-22(17-23)20-13-7-5-11-18(20)19-12-6-8-14-21(19)22/h5-8,11-14H,3-4,9-10,15-16H2,1-2H3. The third-order valence-electron chi connectivity index (χ3n) is 5.43.